The van der Waals surface area contributed by atoms with Crippen molar-refractivity contribution >= 4 is 5.84 Å². The predicted molar refractivity (Wildman–Crippen MR) is 51.3 cm³/mol. The lowest BCUT2D eigenvalue weighted by molar-refractivity contribution is 0.194. The molecular weight excluding hydrogens is 150 g/mol. The van der Waals surface area contributed by atoms with Crippen molar-refractivity contribution in [1.29, 1.82) is 5.41 Å². The minimum Gasteiger partial charge on any atom is -0.386 e. The molecule has 0 aromatic carbocycles. The van der Waals surface area contributed by atoms with Crippen LogP contribution in [0.4, 0.5) is 0 Å². The van der Waals surface area contributed by atoms with E-state index in [1.165, 1.54) is 19.3 Å². The molecular formula is C9H19N3. The molecule has 0 spiro atoms. The van der Waals surface area contributed by atoms with Crippen LogP contribution in [0.5, 0.6) is 0 Å². The van der Waals surface area contributed by atoms with Gasteiger partial charge in [-0.1, -0.05) is 6.42 Å². The van der Waals surface area contributed by atoms with E-state index in [0.29, 0.717) is 0 Å². The average molecular weight is 169 g/mol. The SMILES string of the molecule is CC(C(=N)N)N(C)CC1CCC1. The van der Waals surface area contributed by atoms with Crippen LogP contribution >= 0.6 is 0 Å². The Hall–Kier alpha value is -0.570. The van der Waals surface area contributed by atoms with E-state index in [4.69, 9.17) is 11.1 Å². The van der Waals surface area contributed by atoms with Crippen molar-refractivity contribution in [3.05, 3.63) is 0 Å². The molecule has 0 aromatic rings. The third kappa shape index (κ3) is 2.21. The van der Waals surface area contributed by atoms with Crippen molar-refractivity contribution in [2.75, 3.05) is 13.6 Å². The summed E-state index contributed by atoms with van der Waals surface area (Å²) in [5.41, 5.74) is 5.41. The standard InChI is InChI=1S/C9H19N3/c1-7(9(10)11)12(2)6-8-4-3-5-8/h7-8H,3-6H2,1-2H3,(H3,10,11). The van der Waals surface area contributed by atoms with E-state index in [2.05, 4.69) is 4.90 Å². The zero-order valence-electron chi connectivity index (χ0n) is 8.01. The van der Waals surface area contributed by atoms with Crippen LogP contribution in [0.2, 0.25) is 0 Å². The van der Waals surface area contributed by atoms with E-state index in [0.717, 1.165) is 12.5 Å². The fourth-order valence-electron chi connectivity index (χ4n) is 1.48. The summed E-state index contributed by atoms with van der Waals surface area (Å²) in [5.74, 6) is 1.13. The van der Waals surface area contributed by atoms with Crippen LogP contribution < -0.4 is 5.73 Å². The predicted octanol–water partition coefficient (Wildman–Crippen LogP) is 1.04. The van der Waals surface area contributed by atoms with Gasteiger partial charge in [-0.25, -0.2) is 0 Å². The number of nitrogens with one attached hydrogen (secondary N) is 1. The smallest absolute Gasteiger partial charge is 0.108 e. The van der Waals surface area contributed by atoms with E-state index >= 15 is 0 Å². The van der Waals surface area contributed by atoms with Gasteiger partial charge in [0, 0.05) is 6.54 Å². The van der Waals surface area contributed by atoms with Crippen LogP contribution in [0.15, 0.2) is 0 Å². The molecule has 1 unspecified atom stereocenters. The summed E-state index contributed by atoms with van der Waals surface area (Å²) in [6.45, 7) is 3.09. The van der Waals surface area contributed by atoms with E-state index in [9.17, 15) is 0 Å². The van der Waals surface area contributed by atoms with Crippen LogP contribution in [0, 0.1) is 11.3 Å². The highest BCUT2D eigenvalue weighted by atomic mass is 15.1. The molecule has 1 atom stereocenters. The van der Waals surface area contributed by atoms with Crippen molar-refractivity contribution in [2.45, 2.75) is 32.2 Å². The van der Waals surface area contributed by atoms with Crippen LogP contribution in [-0.4, -0.2) is 30.4 Å². The summed E-state index contributed by atoms with van der Waals surface area (Å²) < 4.78 is 0. The maximum Gasteiger partial charge on any atom is 0.108 e. The van der Waals surface area contributed by atoms with Crippen molar-refractivity contribution in [2.24, 2.45) is 11.7 Å². The van der Waals surface area contributed by atoms with Crippen molar-refractivity contribution in [1.82, 2.24) is 4.90 Å². The third-order valence-electron chi connectivity index (χ3n) is 2.88. The molecule has 0 bridgehead atoms. The Labute approximate surface area is 74.4 Å². The molecule has 0 amide bonds. The lowest BCUT2D eigenvalue weighted by Crippen LogP contribution is -2.43. The summed E-state index contributed by atoms with van der Waals surface area (Å²) >= 11 is 0. The van der Waals surface area contributed by atoms with Gasteiger partial charge >= 0.3 is 0 Å². The number of nitrogens with zero attached hydrogens (tertiary/aromatic N) is 1. The van der Waals surface area contributed by atoms with Gasteiger partial charge in [0.05, 0.1) is 6.04 Å². The van der Waals surface area contributed by atoms with Gasteiger partial charge in [0.1, 0.15) is 5.84 Å². The number of likely N-dealkylation sites (N-methyl/N-ethyl adjacent to an activating group) is 1. The average Bonchev–Trinajstić information content (AvgIpc) is 1.94. The minimum atomic E-state index is 0.102. The van der Waals surface area contributed by atoms with Crippen LogP contribution in [0.3, 0.4) is 0 Å². The molecule has 1 rings (SSSR count). The molecule has 0 radical (unpaired) electrons. The highest BCUT2D eigenvalue weighted by molar-refractivity contribution is 5.82. The molecule has 3 N–H and O–H groups in total. The summed E-state index contributed by atoms with van der Waals surface area (Å²) in [7, 11) is 2.05. The maximum absolute atomic E-state index is 7.29. The van der Waals surface area contributed by atoms with Crippen molar-refractivity contribution in [3.63, 3.8) is 0 Å². The lowest BCUT2D eigenvalue weighted by atomic mass is 9.85. The van der Waals surface area contributed by atoms with Crippen LogP contribution in [0.1, 0.15) is 26.2 Å². The second-order valence-corrected chi connectivity index (χ2v) is 3.87. The van der Waals surface area contributed by atoms with Gasteiger partial charge in [-0.05, 0) is 32.7 Å². The Morgan fingerprint density at radius 3 is 2.58 bits per heavy atom. The molecule has 0 saturated heterocycles. The molecule has 1 fully saturated rings. The molecule has 1 saturated carbocycles. The molecule has 3 heteroatoms. The fraction of sp³-hybridized carbons (Fsp3) is 0.889. The largest absolute Gasteiger partial charge is 0.386 e. The lowest BCUT2D eigenvalue weighted by Gasteiger charge is -2.32. The number of rotatable bonds is 4. The van der Waals surface area contributed by atoms with Gasteiger partial charge in [-0.15, -0.1) is 0 Å². The van der Waals surface area contributed by atoms with Gasteiger partial charge < -0.3 is 5.73 Å². The molecule has 0 aliphatic heterocycles. The summed E-state index contributed by atoms with van der Waals surface area (Å²) in [6.07, 6.45) is 4.09. The Kier molecular flexibility index (Phi) is 3.09. The van der Waals surface area contributed by atoms with Crippen LogP contribution in [-0.2, 0) is 0 Å². The van der Waals surface area contributed by atoms with Crippen molar-refractivity contribution < 1.29 is 0 Å². The number of amidine groups is 1. The van der Waals surface area contributed by atoms with E-state index in [1.807, 2.05) is 14.0 Å². The van der Waals surface area contributed by atoms with Crippen LogP contribution in [0.25, 0.3) is 0 Å². The quantitative estimate of drug-likeness (QED) is 0.488. The number of hydrogen-bond acceptors (Lipinski definition) is 2. The minimum absolute atomic E-state index is 0.102. The second-order valence-electron chi connectivity index (χ2n) is 3.87. The molecule has 0 heterocycles. The van der Waals surface area contributed by atoms with Gasteiger partial charge in [0.25, 0.3) is 0 Å². The molecule has 0 aromatic heterocycles. The van der Waals surface area contributed by atoms with Gasteiger partial charge in [0.15, 0.2) is 0 Å². The molecule has 3 nitrogen and oxygen atoms in total. The molecule has 1 aliphatic carbocycles. The van der Waals surface area contributed by atoms with Gasteiger partial charge in [0.2, 0.25) is 0 Å². The second kappa shape index (κ2) is 3.90. The van der Waals surface area contributed by atoms with Gasteiger partial charge in [-0.3, -0.25) is 10.3 Å². The first-order valence-corrected chi connectivity index (χ1v) is 4.65. The Morgan fingerprint density at radius 1 is 1.67 bits per heavy atom. The summed E-state index contributed by atoms with van der Waals surface area (Å²) in [6, 6.07) is 0.102. The first-order valence-electron chi connectivity index (χ1n) is 4.65. The first kappa shape index (κ1) is 9.52. The highest BCUT2D eigenvalue weighted by Gasteiger charge is 2.21. The normalized spacial score (nSPS) is 20.6. The van der Waals surface area contributed by atoms with E-state index in [-0.39, 0.29) is 11.9 Å². The maximum atomic E-state index is 7.29. The number of hydrogen-bond donors (Lipinski definition) is 2. The van der Waals surface area contributed by atoms with Gasteiger partial charge in [-0.2, -0.15) is 0 Å². The van der Waals surface area contributed by atoms with E-state index < -0.39 is 0 Å². The topological polar surface area (TPSA) is 53.1 Å². The monoisotopic (exact) mass is 169 g/mol. The summed E-state index contributed by atoms with van der Waals surface area (Å²) in [5, 5.41) is 7.29. The zero-order chi connectivity index (χ0) is 9.14. The highest BCUT2D eigenvalue weighted by Crippen LogP contribution is 2.27. The molecule has 12 heavy (non-hydrogen) atoms. The Morgan fingerprint density at radius 2 is 2.25 bits per heavy atom. The first-order chi connectivity index (χ1) is 5.61. The molecule has 70 valence electrons. The Balaban J connectivity index is 2.25. The van der Waals surface area contributed by atoms with Crippen molar-refractivity contribution in [3.8, 4) is 0 Å². The summed E-state index contributed by atoms with van der Waals surface area (Å²) in [4.78, 5) is 2.17. The fourth-order valence-corrected chi connectivity index (χ4v) is 1.48. The molecule has 1 aliphatic rings. The Bertz CT molecular complexity index is 163. The van der Waals surface area contributed by atoms with E-state index in [1.54, 1.807) is 0 Å². The third-order valence-corrected chi connectivity index (χ3v) is 2.88. The zero-order valence-corrected chi connectivity index (χ0v) is 8.01. The number of nitrogens with two attached hydrogens (primary N) is 1.